The van der Waals surface area contributed by atoms with E-state index >= 15 is 0 Å². The predicted octanol–water partition coefficient (Wildman–Crippen LogP) is 1.73. The van der Waals surface area contributed by atoms with Gasteiger partial charge >= 0.3 is 0 Å². The van der Waals surface area contributed by atoms with E-state index in [0.29, 0.717) is 12.2 Å². The highest BCUT2D eigenvalue weighted by Gasteiger charge is 2.22. The Hall–Kier alpha value is -2.21. The molecule has 1 aromatic heterocycles. The molecule has 0 radical (unpaired) electrons. The van der Waals surface area contributed by atoms with Crippen LogP contribution in [0.2, 0.25) is 0 Å². The van der Waals surface area contributed by atoms with E-state index in [0.717, 1.165) is 5.56 Å². The van der Waals surface area contributed by atoms with Crippen molar-refractivity contribution in [2.75, 3.05) is 14.1 Å². The summed E-state index contributed by atoms with van der Waals surface area (Å²) >= 11 is 0. The Kier molecular flexibility index (Phi) is 4.47. The molecule has 0 aliphatic rings. The Labute approximate surface area is 116 Å². The zero-order valence-electron chi connectivity index (χ0n) is 11.3. The summed E-state index contributed by atoms with van der Waals surface area (Å²) in [4.78, 5) is 14.0. The molecule has 0 unspecified atom stereocenters. The Morgan fingerprint density at radius 2 is 2.05 bits per heavy atom. The highest BCUT2D eigenvalue weighted by molar-refractivity contribution is 5.83. The van der Waals surface area contributed by atoms with Crippen LogP contribution >= 0.6 is 0 Å². The Bertz CT molecular complexity index is 552. The number of amides is 1. The van der Waals surface area contributed by atoms with Crippen molar-refractivity contribution in [3.8, 4) is 0 Å². The molecule has 2 aromatic rings. The van der Waals surface area contributed by atoms with Crippen LogP contribution in [0.3, 0.4) is 0 Å². The summed E-state index contributed by atoms with van der Waals surface area (Å²) in [5, 5.41) is 6.51. The van der Waals surface area contributed by atoms with Gasteiger partial charge < -0.3 is 9.84 Å². The lowest BCUT2D eigenvalue weighted by molar-refractivity contribution is -0.126. The van der Waals surface area contributed by atoms with Gasteiger partial charge in [0.25, 0.3) is 0 Å². The molecule has 0 aliphatic carbocycles. The van der Waals surface area contributed by atoms with E-state index in [9.17, 15) is 9.18 Å². The number of hydrogen-bond acceptors (Lipinski definition) is 4. The number of carbonyl (C=O) groups excluding carboxylic acids is 1. The summed E-state index contributed by atoms with van der Waals surface area (Å²) in [6.45, 7) is 0.293. The first-order valence-corrected chi connectivity index (χ1v) is 6.17. The van der Waals surface area contributed by atoms with Gasteiger partial charge in [-0.15, -0.1) is 0 Å². The summed E-state index contributed by atoms with van der Waals surface area (Å²) in [6, 6.07) is 7.10. The largest absolute Gasteiger partial charge is 0.364 e. The van der Waals surface area contributed by atoms with E-state index < -0.39 is 6.04 Å². The third-order valence-electron chi connectivity index (χ3n) is 2.89. The fourth-order valence-electron chi connectivity index (χ4n) is 1.93. The molecule has 0 spiro atoms. The number of hydrogen-bond donors (Lipinski definition) is 1. The van der Waals surface area contributed by atoms with E-state index in [4.69, 9.17) is 4.52 Å². The van der Waals surface area contributed by atoms with Crippen LogP contribution in [0.4, 0.5) is 4.39 Å². The number of rotatable bonds is 5. The number of carbonyl (C=O) groups is 1. The molecule has 1 amide bonds. The molecule has 5 nitrogen and oxygen atoms in total. The number of likely N-dealkylation sites (N-methyl/N-ethyl adjacent to an activating group) is 1. The molecule has 0 saturated heterocycles. The van der Waals surface area contributed by atoms with Crippen molar-refractivity contribution >= 4 is 5.91 Å². The molecule has 1 atom stereocenters. The van der Waals surface area contributed by atoms with Crippen LogP contribution < -0.4 is 5.32 Å². The van der Waals surface area contributed by atoms with Gasteiger partial charge in [0.2, 0.25) is 5.91 Å². The van der Waals surface area contributed by atoms with Crippen molar-refractivity contribution in [3.63, 3.8) is 0 Å². The summed E-state index contributed by atoms with van der Waals surface area (Å²) in [7, 11) is 3.59. The van der Waals surface area contributed by atoms with Crippen molar-refractivity contribution < 1.29 is 13.7 Å². The molecular formula is C14H16FN3O2. The van der Waals surface area contributed by atoms with E-state index in [-0.39, 0.29) is 11.7 Å². The van der Waals surface area contributed by atoms with Crippen molar-refractivity contribution in [1.82, 2.24) is 15.4 Å². The smallest absolute Gasteiger partial charge is 0.242 e. The molecule has 0 fully saturated rings. The van der Waals surface area contributed by atoms with Gasteiger partial charge in [0.15, 0.2) is 0 Å². The maximum absolute atomic E-state index is 13.0. The van der Waals surface area contributed by atoms with Gasteiger partial charge in [-0.3, -0.25) is 9.69 Å². The van der Waals surface area contributed by atoms with Crippen LogP contribution in [0.1, 0.15) is 17.3 Å². The van der Waals surface area contributed by atoms with Crippen LogP contribution in [0.15, 0.2) is 41.1 Å². The lowest BCUT2D eigenvalue weighted by Gasteiger charge is -2.23. The monoisotopic (exact) mass is 277 g/mol. The molecule has 1 N–H and O–H groups in total. The minimum atomic E-state index is -0.484. The van der Waals surface area contributed by atoms with Crippen molar-refractivity contribution in [1.29, 1.82) is 0 Å². The molecule has 6 heteroatoms. The lowest BCUT2D eigenvalue weighted by atomic mass is 10.1. The van der Waals surface area contributed by atoms with E-state index in [1.54, 1.807) is 37.2 Å². The van der Waals surface area contributed by atoms with Crippen molar-refractivity contribution in [2.24, 2.45) is 0 Å². The van der Waals surface area contributed by atoms with Crippen LogP contribution in [0.5, 0.6) is 0 Å². The second-order valence-corrected chi connectivity index (χ2v) is 4.63. The van der Waals surface area contributed by atoms with E-state index in [1.165, 1.54) is 18.4 Å². The molecule has 1 aromatic carbocycles. The molecule has 0 bridgehead atoms. The second kappa shape index (κ2) is 6.29. The first-order chi connectivity index (χ1) is 9.58. The second-order valence-electron chi connectivity index (χ2n) is 4.63. The van der Waals surface area contributed by atoms with Crippen LogP contribution in [0.25, 0.3) is 0 Å². The molecule has 0 saturated carbocycles. The van der Waals surface area contributed by atoms with Gasteiger partial charge in [0.05, 0.1) is 6.54 Å². The number of nitrogens with one attached hydrogen (secondary N) is 1. The van der Waals surface area contributed by atoms with Crippen LogP contribution in [-0.2, 0) is 11.3 Å². The van der Waals surface area contributed by atoms with Crippen molar-refractivity contribution in [2.45, 2.75) is 12.6 Å². The van der Waals surface area contributed by atoms with E-state index in [2.05, 4.69) is 10.5 Å². The van der Waals surface area contributed by atoms with Crippen molar-refractivity contribution in [3.05, 3.63) is 53.7 Å². The first-order valence-electron chi connectivity index (χ1n) is 6.17. The zero-order valence-corrected chi connectivity index (χ0v) is 11.3. The van der Waals surface area contributed by atoms with E-state index in [1.807, 2.05) is 0 Å². The van der Waals surface area contributed by atoms with Gasteiger partial charge in [-0.25, -0.2) is 4.39 Å². The first kappa shape index (κ1) is 14.2. The average Bonchev–Trinajstić information content (AvgIpc) is 2.92. The fraction of sp³-hybridized carbons (Fsp3) is 0.286. The maximum atomic E-state index is 13.0. The normalized spacial score (nSPS) is 12.4. The molecule has 1 heterocycles. The molecule has 0 aliphatic heterocycles. The van der Waals surface area contributed by atoms with Gasteiger partial charge in [-0.1, -0.05) is 17.3 Å². The third kappa shape index (κ3) is 3.42. The van der Waals surface area contributed by atoms with Gasteiger partial charge in [-0.2, -0.15) is 0 Å². The summed E-state index contributed by atoms with van der Waals surface area (Å²) in [5.74, 6) is -0.501. The standard InChI is InChI=1S/C14H16FN3O2/c1-18(2)13(10-3-5-11(15)6-4-10)14(19)16-9-12-7-8-20-17-12/h3-8,13H,9H2,1-2H3,(H,16,19)/t13-/m0/s1. The highest BCUT2D eigenvalue weighted by atomic mass is 19.1. The minimum Gasteiger partial charge on any atom is -0.364 e. The Morgan fingerprint density at radius 1 is 1.35 bits per heavy atom. The SMILES string of the molecule is CN(C)[C@H](C(=O)NCc1ccon1)c1ccc(F)cc1. The maximum Gasteiger partial charge on any atom is 0.242 e. The predicted molar refractivity (Wildman–Crippen MR) is 71.2 cm³/mol. The molecule has 2 rings (SSSR count). The fourth-order valence-corrected chi connectivity index (χ4v) is 1.93. The lowest BCUT2D eigenvalue weighted by Crippen LogP contribution is -2.36. The average molecular weight is 277 g/mol. The number of aromatic nitrogens is 1. The molecule has 20 heavy (non-hydrogen) atoms. The van der Waals surface area contributed by atoms with Gasteiger partial charge in [0, 0.05) is 6.07 Å². The molecule has 106 valence electrons. The highest BCUT2D eigenvalue weighted by Crippen LogP contribution is 2.19. The van der Waals surface area contributed by atoms with Gasteiger partial charge in [-0.05, 0) is 31.8 Å². The summed E-state index contributed by atoms with van der Waals surface area (Å²) in [6.07, 6.45) is 1.45. The van der Waals surface area contributed by atoms with Crippen LogP contribution in [-0.4, -0.2) is 30.1 Å². The zero-order chi connectivity index (χ0) is 14.5. The van der Waals surface area contributed by atoms with Crippen LogP contribution in [0, 0.1) is 5.82 Å². The Morgan fingerprint density at radius 3 is 2.60 bits per heavy atom. The quantitative estimate of drug-likeness (QED) is 0.904. The number of nitrogens with zero attached hydrogens (tertiary/aromatic N) is 2. The van der Waals surface area contributed by atoms with Gasteiger partial charge in [0.1, 0.15) is 23.8 Å². The topological polar surface area (TPSA) is 58.4 Å². The minimum absolute atomic E-state index is 0.176. The summed E-state index contributed by atoms with van der Waals surface area (Å²) in [5.41, 5.74) is 1.38. The third-order valence-corrected chi connectivity index (χ3v) is 2.89. The number of halogens is 1. The Balaban J connectivity index is 2.08. The summed E-state index contributed by atoms with van der Waals surface area (Å²) < 4.78 is 17.7. The number of benzene rings is 1. The molecular weight excluding hydrogens is 261 g/mol.